The Morgan fingerprint density at radius 2 is 1.90 bits per heavy atom. The molecule has 1 aromatic heterocycles. The number of ether oxygens (including phenoxy) is 1. The molecule has 2 aromatic rings. The van der Waals surface area contributed by atoms with Crippen molar-refractivity contribution in [1.29, 1.82) is 0 Å². The van der Waals surface area contributed by atoms with Gasteiger partial charge in [0.1, 0.15) is 6.61 Å². The lowest BCUT2D eigenvalue weighted by molar-refractivity contribution is 0.280. The number of halogens is 1. The van der Waals surface area contributed by atoms with E-state index in [1.807, 2.05) is 38.4 Å². The van der Waals surface area contributed by atoms with Gasteiger partial charge in [-0.25, -0.2) is 5.84 Å². The number of nitrogen functional groups attached to an aromatic ring is 1. The lowest BCUT2D eigenvalue weighted by Crippen LogP contribution is -2.18. The van der Waals surface area contributed by atoms with Crippen molar-refractivity contribution in [2.75, 3.05) is 24.4 Å². The third-order valence-electron chi connectivity index (χ3n) is 2.41. The largest absolute Gasteiger partial charge is 0.458 e. The maximum atomic E-state index is 5.57. The Morgan fingerprint density at radius 3 is 2.50 bits per heavy atom. The summed E-state index contributed by atoms with van der Waals surface area (Å²) in [4.78, 5) is 14.1. The second kappa shape index (κ2) is 6.49. The molecule has 106 valence electrons. The lowest BCUT2D eigenvalue weighted by atomic mass is 10.2. The van der Waals surface area contributed by atoms with Gasteiger partial charge in [-0.1, -0.05) is 28.1 Å². The van der Waals surface area contributed by atoms with Crippen LogP contribution in [0.25, 0.3) is 0 Å². The van der Waals surface area contributed by atoms with Crippen LogP contribution in [-0.2, 0) is 6.61 Å². The molecular weight excluding hydrogens is 324 g/mol. The molecule has 0 amide bonds. The van der Waals surface area contributed by atoms with Crippen molar-refractivity contribution in [2.24, 2.45) is 5.84 Å². The SMILES string of the molecule is CN(C)c1nc(NN)nc(OCc2ccc(Br)cc2)n1. The molecule has 3 N–H and O–H groups in total. The summed E-state index contributed by atoms with van der Waals surface area (Å²) in [5, 5.41) is 0. The van der Waals surface area contributed by atoms with Crippen LogP contribution in [0.4, 0.5) is 11.9 Å². The lowest BCUT2D eigenvalue weighted by Gasteiger charge is -2.12. The number of hydrazine groups is 1. The van der Waals surface area contributed by atoms with Gasteiger partial charge in [0, 0.05) is 18.6 Å². The zero-order valence-corrected chi connectivity index (χ0v) is 12.8. The Kier molecular flexibility index (Phi) is 4.70. The van der Waals surface area contributed by atoms with E-state index in [9.17, 15) is 0 Å². The molecule has 8 heteroatoms. The van der Waals surface area contributed by atoms with E-state index in [0.717, 1.165) is 10.0 Å². The van der Waals surface area contributed by atoms with Crippen molar-refractivity contribution >= 4 is 27.8 Å². The summed E-state index contributed by atoms with van der Waals surface area (Å²) in [6.07, 6.45) is 0. The number of aromatic nitrogens is 3. The first-order valence-corrected chi connectivity index (χ1v) is 6.65. The number of benzene rings is 1. The van der Waals surface area contributed by atoms with Crippen LogP contribution in [0.15, 0.2) is 28.7 Å². The molecule has 0 aliphatic carbocycles. The van der Waals surface area contributed by atoms with Gasteiger partial charge in [0.15, 0.2) is 0 Å². The molecule has 1 heterocycles. The first kappa shape index (κ1) is 14.5. The maximum Gasteiger partial charge on any atom is 0.323 e. The van der Waals surface area contributed by atoms with Crippen LogP contribution in [0.3, 0.4) is 0 Å². The van der Waals surface area contributed by atoms with E-state index in [1.54, 1.807) is 4.90 Å². The monoisotopic (exact) mass is 338 g/mol. The number of nitrogens with two attached hydrogens (primary N) is 1. The van der Waals surface area contributed by atoms with Gasteiger partial charge in [0.25, 0.3) is 0 Å². The minimum absolute atomic E-state index is 0.222. The molecule has 0 bridgehead atoms. The zero-order valence-electron chi connectivity index (χ0n) is 11.2. The van der Waals surface area contributed by atoms with E-state index in [0.29, 0.717) is 12.6 Å². The van der Waals surface area contributed by atoms with E-state index < -0.39 is 0 Å². The normalized spacial score (nSPS) is 10.2. The number of nitrogens with zero attached hydrogens (tertiary/aromatic N) is 4. The minimum atomic E-state index is 0.222. The molecule has 0 aliphatic rings. The van der Waals surface area contributed by atoms with E-state index in [2.05, 4.69) is 36.3 Å². The number of hydrogen-bond donors (Lipinski definition) is 2. The van der Waals surface area contributed by atoms with Crippen LogP contribution < -0.4 is 20.9 Å². The highest BCUT2D eigenvalue weighted by Crippen LogP contribution is 2.15. The molecule has 0 atom stereocenters. The summed E-state index contributed by atoms with van der Waals surface area (Å²) in [7, 11) is 3.66. The first-order chi connectivity index (χ1) is 9.58. The maximum absolute atomic E-state index is 5.57. The summed E-state index contributed by atoms with van der Waals surface area (Å²) in [6.45, 7) is 0.369. The average Bonchev–Trinajstić information content (AvgIpc) is 2.46. The molecule has 2 rings (SSSR count). The smallest absolute Gasteiger partial charge is 0.323 e. The number of anilines is 2. The molecule has 0 saturated carbocycles. The standard InChI is InChI=1S/C12H15BrN6O/c1-19(2)11-15-10(18-14)16-12(17-11)20-7-8-3-5-9(13)6-4-8/h3-6H,7,14H2,1-2H3,(H,15,16,17,18). The van der Waals surface area contributed by atoms with Crippen LogP contribution in [0.1, 0.15) is 5.56 Å². The van der Waals surface area contributed by atoms with E-state index in [1.165, 1.54) is 0 Å². The minimum Gasteiger partial charge on any atom is -0.458 e. The summed E-state index contributed by atoms with van der Waals surface area (Å²) < 4.78 is 6.58. The fraction of sp³-hybridized carbons (Fsp3) is 0.250. The van der Waals surface area contributed by atoms with Gasteiger partial charge in [0.05, 0.1) is 0 Å². The zero-order chi connectivity index (χ0) is 14.5. The molecule has 0 fully saturated rings. The second-order valence-electron chi connectivity index (χ2n) is 4.20. The van der Waals surface area contributed by atoms with Crippen molar-refractivity contribution in [3.63, 3.8) is 0 Å². The van der Waals surface area contributed by atoms with Gasteiger partial charge in [0.2, 0.25) is 11.9 Å². The molecule has 0 aliphatic heterocycles. The van der Waals surface area contributed by atoms with Crippen molar-refractivity contribution in [3.8, 4) is 6.01 Å². The summed E-state index contributed by atoms with van der Waals surface area (Å²) >= 11 is 3.38. The average molecular weight is 339 g/mol. The second-order valence-corrected chi connectivity index (χ2v) is 5.11. The van der Waals surface area contributed by atoms with E-state index in [-0.39, 0.29) is 12.0 Å². The van der Waals surface area contributed by atoms with Crippen LogP contribution in [0, 0.1) is 0 Å². The Labute approximate surface area is 125 Å². The summed E-state index contributed by atoms with van der Waals surface area (Å²) in [5.41, 5.74) is 3.41. The molecule has 1 aromatic carbocycles. The van der Waals surface area contributed by atoms with E-state index >= 15 is 0 Å². The molecule has 7 nitrogen and oxygen atoms in total. The third kappa shape index (κ3) is 3.78. The quantitative estimate of drug-likeness (QED) is 0.631. The van der Waals surface area contributed by atoms with Crippen LogP contribution in [0.5, 0.6) is 6.01 Å². The summed E-state index contributed by atoms with van der Waals surface area (Å²) in [6, 6.07) is 8.04. The Morgan fingerprint density at radius 1 is 1.20 bits per heavy atom. The fourth-order valence-electron chi connectivity index (χ4n) is 1.40. The van der Waals surface area contributed by atoms with Crippen LogP contribution >= 0.6 is 15.9 Å². The topological polar surface area (TPSA) is 89.2 Å². The first-order valence-electron chi connectivity index (χ1n) is 5.86. The Hall–Kier alpha value is -1.93. The van der Waals surface area contributed by atoms with Crippen molar-refractivity contribution in [2.45, 2.75) is 6.61 Å². The van der Waals surface area contributed by atoms with Crippen molar-refractivity contribution in [1.82, 2.24) is 15.0 Å². The molecule has 0 radical (unpaired) electrons. The van der Waals surface area contributed by atoms with Crippen molar-refractivity contribution in [3.05, 3.63) is 34.3 Å². The Balaban J connectivity index is 2.12. The third-order valence-corrected chi connectivity index (χ3v) is 2.94. The number of rotatable bonds is 5. The Bertz CT molecular complexity index is 575. The van der Waals surface area contributed by atoms with Gasteiger partial charge in [-0.05, 0) is 17.7 Å². The van der Waals surface area contributed by atoms with Gasteiger partial charge in [-0.2, -0.15) is 15.0 Å². The van der Waals surface area contributed by atoms with Gasteiger partial charge in [-0.3, -0.25) is 5.43 Å². The number of hydrogen-bond acceptors (Lipinski definition) is 7. The van der Waals surface area contributed by atoms with Gasteiger partial charge >= 0.3 is 6.01 Å². The van der Waals surface area contributed by atoms with Gasteiger partial charge in [-0.15, -0.1) is 0 Å². The number of nitrogens with one attached hydrogen (secondary N) is 1. The van der Waals surface area contributed by atoms with E-state index in [4.69, 9.17) is 10.6 Å². The molecular formula is C12H15BrN6O. The highest BCUT2D eigenvalue weighted by molar-refractivity contribution is 9.10. The predicted octanol–water partition coefficient (Wildman–Crippen LogP) is 1.56. The van der Waals surface area contributed by atoms with Gasteiger partial charge < -0.3 is 9.64 Å². The van der Waals surface area contributed by atoms with Crippen LogP contribution in [0.2, 0.25) is 0 Å². The van der Waals surface area contributed by atoms with Crippen LogP contribution in [-0.4, -0.2) is 29.0 Å². The molecule has 0 spiro atoms. The van der Waals surface area contributed by atoms with Crippen molar-refractivity contribution < 1.29 is 4.74 Å². The fourth-order valence-corrected chi connectivity index (χ4v) is 1.67. The molecule has 0 saturated heterocycles. The highest BCUT2D eigenvalue weighted by atomic mass is 79.9. The molecule has 0 unspecified atom stereocenters. The molecule has 20 heavy (non-hydrogen) atoms. The highest BCUT2D eigenvalue weighted by Gasteiger charge is 2.08. The summed E-state index contributed by atoms with van der Waals surface area (Å²) in [5.74, 6) is 6.06. The predicted molar refractivity (Wildman–Crippen MR) is 80.4 cm³/mol.